The molecule has 28 heavy (non-hydrogen) atoms. The van der Waals surface area contributed by atoms with Crippen molar-refractivity contribution in [2.45, 2.75) is 39.3 Å². The third kappa shape index (κ3) is 4.07. The predicted octanol–water partition coefficient (Wildman–Crippen LogP) is 3.88. The smallest absolute Gasteiger partial charge is 0.219 e. The molecule has 0 radical (unpaired) electrons. The number of likely N-dealkylation sites (tertiary alicyclic amines) is 1. The number of carbonyl (C=O) groups excluding carboxylic acids is 1. The lowest BCUT2D eigenvalue weighted by atomic mass is 9.74. The third-order valence-electron chi connectivity index (χ3n) is 6.32. The van der Waals surface area contributed by atoms with Gasteiger partial charge in [0.15, 0.2) is 0 Å². The molecule has 1 fully saturated rings. The average Bonchev–Trinajstić information content (AvgIpc) is 2.85. The van der Waals surface area contributed by atoms with Crippen molar-refractivity contribution >= 4 is 5.91 Å². The Balaban J connectivity index is 1.55. The number of hydrogen-bond acceptors (Lipinski definition) is 3. The van der Waals surface area contributed by atoms with Crippen LogP contribution in [0.4, 0.5) is 0 Å². The number of rotatable bonds is 3. The molecule has 0 N–H and O–H groups in total. The van der Waals surface area contributed by atoms with Gasteiger partial charge in [0, 0.05) is 38.5 Å². The summed E-state index contributed by atoms with van der Waals surface area (Å²) in [6.45, 7) is 6.42. The first kappa shape index (κ1) is 19.0. The molecule has 1 spiro atoms. The van der Waals surface area contributed by atoms with Crippen molar-refractivity contribution in [2.24, 2.45) is 5.41 Å². The molecule has 148 valence electrons. The minimum absolute atomic E-state index is 0.142. The van der Waals surface area contributed by atoms with Gasteiger partial charge in [0.1, 0.15) is 5.75 Å². The van der Waals surface area contributed by atoms with E-state index in [1.807, 2.05) is 12.1 Å². The summed E-state index contributed by atoms with van der Waals surface area (Å²) in [5, 5.41) is 0. The Hall–Kier alpha value is -2.33. The first-order chi connectivity index (χ1) is 13.6. The molecule has 0 aromatic heterocycles. The quantitative estimate of drug-likeness (QED) is 0.813. The first-order valence-corrected chi connectivity index (χ1v) is 10.2. The second-order valence-electron chi connectivity index (χ2n) is 8.48. The third-order valence-corrected chi connectivity index (χ3v) is 6.32. The monoisotopic (exact) mass is 378 g/mol. The zero-order valence-corrected chi connectivity index (χ0v) is 17.0. The highest BCUT2D eigenvalue weighted by Crippen LogP contribution is 2.38. The minimum Gasteiger partial charge on any atom is -0.497 e. The second-order valence-corrected chi connectivity index (χ2v) is 8.48. The van der Waals surface area contributed by atoms with E-state index in [9.17, 15) is 4.79 Å². The molecule has 2 aliphatic rings. The maximum atomic E-state index is 12.3. The molecule has 1 amide bonds. The van der Waals surface area contributed by atoms with Gasteiger partial charge in [-0.05, 0) is 54.6 Å². The van der Waals surface area contributed by atoms with Crippen molar-refractivity contribution in [3.63, 3.8) is 0 Å². The maximum Gasteiger partial charge on any atom is 0.219 e. The van der Waals surface area contributed by atoms with Crippen LogP contribution < -0.4 is 4.74 Å². The van der Waals surface area contributed by atoms with E-state index in [4.69, 9.17) is 4.74 Å². The topological polar surface area (TPSA) is 32.8 Å². The normalized spacial score (nSPS) is 22.6. The lowest BCUT2D eigenvalue weighted by molar-refractivity contribution is -0.131. The summed E-state index contributed by atoms with van der Waals surface area (Å²) in [5.74, 6) is 1.08. The van der Waals surface area contributed by atoms with Crippen molar-refractivity contribution in [1.29, 1.82) is 0 Å². The summed E-state index contributed by atoms with van der Waals surface area (Å²) in [4.78, 5) is 16.9. The molecular weight excluding hydrogens is 348 g/mol. The summed E-state index contributed by atoms with van der Waals surface area (Å²) >= 11 is 0. The molecule has 2 heterocycles. The summed E-state index contributed by atoms with van der Waals surface area (Å²) in [6.07, 6.45) is 3.43. The van der Waals surface area contributed by atoms with E-state index in [-0.39, 0.29) is 11.3 Å². The summed E-state index contributed by atoms with van der Waals surface area (Å²) in [7, 11) is 1.70. The first-order valence-electron chi connectivity index (χ1n) is 10.2. The predicted molar refractivity (Wildman–Crippen MR) is 111 cm³/mol. The molecule has 1 unspecified atom stereocenters. The van der Waals surface area contributed by atoms with Crippen LogP contribution in [-0.2, 0) is 24.3 Å². The molecule has 2 aromatic rings. The van der Waals surface area contributed by atoms with Gasteiger partial charge in [-0.2, -0.15) is 0 Å². The SMILES string of the molecule is COc1ccc(CN2CCCC3(Cc4ccccc4CN(C(C)=O)C3)C2)cc1. The van der Waals surface area contributed by atoms with Gasteiger partial charge in [0.05, 0.1) is 7.11 Å². The van der Waals surface area contributed by atoms with Crippen LogP contribution in [0.25, 0.3) is 0 Å². The average molecular weight is 379 g/mol. The molecule has 0 saturated carbocycles. The highest BCUT2D eigenvalue weighted by atomic mass is 16.5. The molecule has 2 aromatic carbocycles. The van der Waals surface area contributed by atoms with Crippen molar-refractivity contribution in [2.75, 3.05) is 26.7 Å². The fraction of sp³-hybridized carbons (Fsp3) is 0.458. The van der Waals surface area contributed by atoms with Crippen molar-refractivity contribution in [3.8, 4) is 5.75 Å². The van der Waals surface area contributed by atoms with Crippen molar-refractivity contribution < 1.29 is 9.53 Å². The molecule has 1 atom stereocenters. The van der Waals surface area contributed by atoms with Crippen LogP contribution in [-0.4, -0.2) is 42.5 Å². The molecule has 0 bridgehead atoms. The maximum absolute atomic E-state index is 12.3. The number of fused-ring (bicyclic) bond motifs is 1. The number of carbonyl (C=O) groups is 1. The van der Waals surface area contributed by atoms with Crippen LogP contribution in [0.2, 0.25) is 0 Å². The Morgan fingerprint density at radius 3 is 2.54 bits per heavy atom. The Kier molecular flexibility index (Phi) is 5.40. The second kappa shape index (κ2) is 7.96. The van der Waals surface area contributed by atoms with Gasteiger partial charge >= 0.3 is 0 Å². The van der Waals surface area contributed by atoms with Gasteiger partial charge < -0.3 is 9.64 Å². The summed E-state index contributed by atoms with van der Waals surface area (Å²) < 4.78 is 5.28. The van der Waals surface area contributed by atoms with Crippen LogP contribution in [0.3, 0.4) is 0 Å². The standard InChI is InChI=1S/C24H30N2O2/c1-19(27)26-16-22-7-4-3-6-21(22)14-24(18-26)12-5-13-25(17-24)15-20-8-10-23(28-2)11-9-20/h3-4,6-11H,5,12-18H2,1-2H3. The fourth-order valence-corrected chi connectivity index (χ4v) is 4.94. The van der Waals surface area contributed by atoms with Crippen LogP contribution in [0.1, 0.15) is 36.5 Å². The van der Waals surface area contributed by atoms with Crippen LogP contribution >= 0.6 is 0 Å². The van der Waals surface area contributed by atoms with E-state index in [1.54, 1.807) is 14.0 Å². The molecular formula is C24H30N2O2. The molecule has 4 nitrogen and oxygen atoms in total. The molecule has 1 saturated heterocycles. The minimum atomic E-state index is 0.142. The number of hydrogen-bond donors (Lipinski definition) is 0. The molecule has 2 aliphatic heterocycles. The van der Waals surface area contributed by atoms with E-state index in [0.717, 1.165) is 44.9 Å². The van der Waals surface area contributed by atoms with Crippen molar-refractivity contribution in [3.05, 3.63) is 65.2 Å². The Labute approximate surface area is 168 Å². The number of benzene rings is 2. The molecule has 4 heteroatoms. The van der Waals surface area contributed by atoms with Gasteiger partial charge in [-0.25, -0.2) is 0 Å². The van der Waals surface area contributed by atoms with Gasteiger partial charge in [0.2, 0.25) is 5.91 Å². The Morgan fingerprint density at radius 2 is 1.82 bits per heavy atom. The van der Waals surface area contributed by atoms with E-state index < -0.39 is 0 Å². The van der Waals surface area contributed by atoms with Gasteiger partial charge in [-0.1, -0.05) is 36.4 Å². The van der Waals surface area contributed by atoms with Crippen LogP contribution in [0.15, 0.2) is 48.5 Å². The van der Waals surface area contributed by atoms with Gasteiger partial charge in [-0.15, -0.1) is 0 Å². The van der Waals surface area contributed by atoms with Gasteiger partial charge in [-0.3, -0.25) is 9.69 Å². The highest BCUT2D eigenvalue weighted by Gasteiger charge is 2.40. The largest absolute Gasteiger partial charge is 0.497 e. The summed E-state index contributed by atoms with van der Waals surface area (Å²) in [6, 6.07) is 17.0. The van der Waals surface area contributed by atoms with E-state index in [1.165, 1.54) is 29.5 Å². The summed E-state index contributed by atoms with van der Waals surface area (Å²) in [5.41, 5.74) is 4.18. The fourth-order valence-electron chi connectivity index (χ4n) is 4.94. The number of piperidine rings is 1. The van der Waals surface area contributed by atoms with E-state index in [2.05, 4.69) is 46.2 Å². The number of amides is 1. The zero-order valence-electron chi connectivity index (χ0n) is 17.0. The van der Waals surface area contributed by atoms with Crippen LogP contribution in [0.5, 0.6) is 5.75 Å². The molecule has 4 rings (SSSR count). The van der Waals surface area contributed by atoms with Gasteiger partial charge in [0.25, 0.3) is 0 Å². The van der Waals surface area contributed by atoms with E-state index in [0.29, 0.717) is 0 Å². The lowest BCUT2D eigenvalue weighted by Gasteiger charge is -2.44. The van der Waals surface area contributed by atoms with E-state index >= 15 is 0 Å². The molecule has 0 aliphatic carbocycles. The number of nitrogens with zero attached hydrogens (tertiary/aromatic N) is 2. The van der Waals surface area contributed by atoms with Crippen LogP contribution in [0, 0.1) is 5.41 Å². The number of methoxy groups -OCH3 is 1. The Morgan fingerprint density at radius 1 is 1.07 bits per heavy atom. The van der Waals surface area contributed by atoms with Crippen molar-refractivity contribution in [1.82, 2.24) is 9.80 Å². The number of ether oxygens (including phenoxy) is 1. The Bertz CT molecular complexity index is 833. The highest BCUT2D eigenvalue weighted by molar-refractivity contribution is 5.73. The lowest BCUT2D eigenvalue weighted by Crippen LogP contribution is -2.49. The zero-order chi connectivity index (χ0) is 19.6.